The molecule has 0 spiro atoms. The Balaban J connectivity index is 2.64. The smallest absolute Gasteiger partial charge is 0.304 e. The molecule has 1 N–H and O–H groups in total. The molecule has 19 heavy (non-hydrogen) atoms. The third kappa shape index (κ3) is 2.58. The van der Waals surface area contributed by atoms with Crippen LogP contribution >= 0.6 is 0 Å². The minimum absolute atomic E-state index is 0.0735. The van der Waals surface area contributed by atoms with Crippen LogP contribution in [0.1, 0.15) is 24.8 Å². The lowest BCUT2D eigenvalue weighted by Gasteiger charge is -2.20. The minimum Gasteiger partial charge on any atom is -0.496 e. The van der Waals surface area contributed by atoms with Crippen LogP contribution in [0.5, 0.6) is 5.75 Å². The number of methoxy groups -OCH3 is 1. The van der Waals surface area contributed by atoms with Gasteiger partial charge in [0.2, 0.25) is 0 Å². The van der Waals surface area contributed by atoms with E-state index in [1.807, 2.05) is 0 Å². The van der Waals surface area contributed by atoms with Crippen LogP contribution < -0.4 is 4.74 Å². The molecule has 0 saturated heterocycles. The first-order chi connectivity index (χ1) is 8.80. The standard InChI is InChI=1S/C13H16O5S/c1-18-9-4-3-5-10(19(2,16)17)12(9)13(6-7-13)8-11(14)15/h3-5H,6-8H2,1-2H3,(H,14,15). The SMILES string of the molecule is COc1cccc(S(C)(=O)=O)c1C1(CC(=O)O)CC1. The number of aliphatic carboxylic acids is 1. The molecule has 0 atom stereocenters. The number of benzene rings is 1. The Morgan fingerprint density at radius 1 is 1.42 bits per heavy atom. The molecule has 1 aromatic carbocycles. The van der Waals surface area contributed by atoms with Crippen LogP contribution in [0, 0.1) is 0 Å². The van der Waals surface area contributed by atoms with Crippen molar-refractivity contribution in [1.82, 2.24) is 0 Å². The molecule has 1 saturated carbocycles. The molecule has 0 amide bonds. The van der Waals surface area contributed by atoms with Crippen molar-refractivity contribution in [1.29, 1.82) is 0 Å². The molecule has 1 aliphatic rings. The lowest BCUT2D eigenvalue weighted by molar-refractivity contribution is -0.137. The van der Waals surface area contributed by atoms with Gasteiger partial charge in [-0.3, -0.25) is 4.79 Å². The maximum atomic E-state index is 11.9. The second-order valence-electron chi connectivity index (χ2n) is 4.96. The summed E-state index contributed by atoms with van der Waals surface area (Å²) in [6.07, 6.45) is 2.39. The number of ether oxygens (including phenoxy) is 1. The molecule has 0 heterocycles. The highest BCUT2D eigenvalue weighted by molar-refractivity contribution is 7.90. The number of carbonyl (C=O) groups is 1. The zero-order chi connectivity index (χ0) is 14.3. The monoisotopic (exact) mass is 284 g/mol. The van der Waals surface area contributed by atoms with Crippen molar-refractivity contribution in [2.24, 2.45) is 0 Å². The van der Waals surface area contributed by atoms with Crippen LogP contribution in [0.25, 0.3) is 0 Å². The van der Waals surface area contributed by atoms with Gasteiger partial charge in [0.1, 0.15) is 5.75 Å². The first kappa shape index (κ1) is 13.9. The van der Waals surface area contributed by atoms with Crippen LogP contribution in [-0.2, 0) is 20.0 Å². The van der Waals surface area contributed by atoms with Crippen molar-refractivity contribution in [3.63, 3.8) is 0 Å². The van der Waals surface area contributed by atoms with Gasteiger partial charge in [-0.1, -0.05) is 6.07 Å². The average molecular weight is 284 g/mol. The van der Waals surface area contributed by atoms with E-state index in [-0.39, 0.29) is 11.3 Å². The summed E-state index contributed by atoms with van der Waals surface area (Å²) in [4.78, 5) is 11.2. The van der Waals surface area contributed by atoms with Gasteiger partial charge in [-0.25, -0.2) is 8.42 Å². The number of hydrogen-bond acceptors (Lipinski definition) is 4. The summed E-state index contributed by atoms with van der Waals surface area (Å²) < 4.78 is 29.0. The quantitative estimate of drug-likeness (QED) is 0.888. The predicted molar refractivity (Wildman–Crippen MR) is 69.3 cm³/mol. The molecule has 1 fully saturated rings. The van der Waals surface area contributed by atoms with Crippen molar-refractivity contribution in [3.05, 3.63) is 23.8 Å². The molecule has 6 heteroatoms. The van der Waals surface area contributed by atoms with Gasteiger partial charge in [-0.15, -0.1) is 0 Å². The van der Waals surface area contributed by atoms with Crippen molar-refractivity contribution >= 4 is 15.8 Å². The summed E-state index contributed by atoms with van der Waals surface area (Å²) >= 11 is 0. The third-order valence-electron chi connectivity index (χ3n) is 3.48. The van der Waals surface area contributed by atoms with Crippen LogP contribution in [0.15, 0.2) is 23.1 Å². The second-order valence-corrected chi connectivity index (χ2v) is 6.94. The number of carboxylic acid groups (broad SMARTS) is 1. The molecule has 0 aliphatic heterocycles. The molecule has 0 radical (unpaired) electrons. The fraction of sp³-hybridized carbons (Fsp3) is 0.462. The highest BCUT2D eigenvalue weighted by atomic mass is 32.2. The molecule has 1 aliphatic carbocycles. The molecular formula is C13H16O5S. The van der Waals surface area contributed by atoms with Gasteiger partial charge < -0.3 is 9.84 Å². The van der Waals surface area contributed by atoms with E-state index in [2.05, 4.69) is 0 Å². The van der Waals surface area contributed by atoms with E-state index >= 15 is 0 Å². The van der Waals surface area contributed by atoms with Gasteiger partial charge in [0.25, 0.3) is 0 Å². The van der Waals surface area contributed by atoms with Gasteiger partial charge in [-0.2, -0.15) is 0 Å². The van der Waals surface area contributed by atoms with E-state index in [4.69, 9.17) is 9.84 Å². The first-order valence-electron chi connectivity index (χ1n) is 5.89. The van der Waals surface area contributed by atoms with Crippen LogP contribution in [0.4, 0.5) is 0 Å². The van der Waals surface area contributed by atoms with E-state index in [9.17, 15) is 13.2 Å². The lowest BCUT2D eigenvalue weighted by atomic mass is 9.91. The maximum absolute atomic E-state index is 11.9. The normalized spacial score (nSPS) is 16.9. The Kier molecular flexibility index (Phi) is 3.30. The Labute approximate surface area is 112 Å². The molecule has 5 nitrogen and oxygen atoms in total. The highest BCUT2D eigenvalue weighted by Gasteiger charge is 2.50. The van der Waals surface area contributed by atoms with Crippen molar-refractivity contribution in [2.45, 2.75) is 29.6 Å². The molecule has 2 rings (SSSR count). The number of rotatable bonds is 5. The summed E-state index contributed by atoms with van der Waals surface area (Å²) in [6.45, 7) is 0. The Bertz CT molecular complexity index is 614. The van der Waals surface area contributed by atoms with E-state index < -0.39 is 21.2 Å². The fourth-order valence-electron chi connectivity index (χ4n) is 2.47. The zero-order valence-corrected chi connectivity index (χ0v) is 11.7. The van der Waals surface area contributed by atoms with Gasteiger partial charge >= 0.3 is 5.97 Å². The fourth-order valence-corrected chi connectivity index (χ4v) is 3.48. The van der Waals surface area contributed by atoms with Gasteiger partial charge in [-0.05, 0) is 25.0 Å². The van der Waals surface area contributed by atoms with Gasteiger partial charge in [0.05, 0.1) is 18.4 Å². The van der Waals surface area contributed by atoms with Crippen molar-refractivity contribution in [3.8, 4) is 5.75 Å². The molecule has 0 bridgehead atoms. The Morgan fingerprint density at radius 3 is 2.47 bits per heavy atom. The number of sulfone groups is 1. The van der Waals surface area contributed by atoms with Crippen LogP contribution in [0.3, 0.4) is 0 Å². The minimum atomic E-state index is -3.42. The van der Waals surface area contributed by atoms with E-state index in [0.717, 1.165) is 6.26 Å². The van der Waals surface area contributed by atoms with E-state index in [1.54, 1.807) is 12.1 Å². The lowest BCUT2D eigenvalue weighted by Crippen LogP contribution is -2.18. The van der Waals surface area contributed by atoms with Crippen LogP contribution in [-0.4, -0.2) is 32.9 Å². The molecule has 1 aromatic rings. The molecular weight excluding hydrogens is 268 g/mol. The summed E-state index contributed by atoms with van der Waals surface area (Å²) in [5, 5.41) is 9.02. The summed E-state index contributed by atoms with van der Waals surface area (Å²) in [5.41, 5.74) is -0.0842. The summed E-state index contributed by atoms with van der Waals surface area (Å²) in [6, 6.07) is 4.79. The van der Waals surface area contributed by atoms with Crippen molar-refractivity contribution in [2.75, 3.05) is 13.4 Å². The average Bonchev–Trinajstić information content (AvgIpc) is 3.06. The molecule has 0 unspecified atom stereocenters. The maximum Gasteiger partial charge on any atom is 0.304 e. The molecule has 0 aromatic heterocycles. The van der Waals surface area contributed by atoms with E-state index in [0.29, 0.717) is 24.2 Å². The highest BCUT2D eigenvalue weighted by Crippen LogP contribution is 2.55. The zero-order valence-electron chi connectivity index (χ0n) is 10.8. The van der Waals surface area contributed by atoms with Crippen LogP contribution in [0.2, 0.25) is 0 Å². The Morgan fingerprint density at radius 2 is 2.05 bits per heavy atom. The third-order valence-corrected chi connectivity index (χ3v) is 4.62. The topological polar surface area (TPSA) is 80.7 Å². The van der Waals surface area contributed by atoms with Gasteiger partial charge in [0.15, 0.2) is 9.84 Å². The largest absolute Gasteiger partial charge is 0.496 e. The molecule has 104 valence electrons. The second kappa shape index (κ2) is 4.52. The van der Waals surface area contributed by atoms with E-state index in [1.165, 1.54) is 13.2 Å². The van der Waals surface area contributed by atoms with Crippen molar-refractivity contribution < 1.29 is 23.1 Å². The number of hydrogen-bond donors (Lipinski definition) is 1. The Hall–Kier alpha value is -1.56. The summed E-state index contributed by atoms with van der Waals surface area (Å²) in [7, 11) is -1.96. The predicted octanol–water partition coefficient (Wildman–Crippen LogP) is 1.60. The first-order valence-corrected chi connectivity index (χ1v) is 7.79. The van der Waals surface area contributed by atoms with Gasteiger partial charge in [0, 0.05) is 17.2 Å². The number of carboxylic acids is 1. The summed E-state index contributed by atoms with van der Waals surface area (Å²) in [5.74, 6) is -0.482.